The van der Waals surface area contributed by atoms with Crippen LogP contribution in [0, 0.1) is 12.7 Å². The number of aryl methyl sites for hydroxylation is 1. The van der Waals surface area contributed by atoms with E-state index in [0.29, 0.717) is 18.1 Å². The molecule has 3 aromatic rings. The SMILES string of the molecule is Cc1ccccc1Nc1nnc(SCC(=O)NCCc2ccc(F)cc2)s1. The van der Waals surface area contributed by atoms with Crippen LogP contribution >= 0.6 is 23.1 Å². The zero-order chi connectivity index (χ0) is 19.1. The zero-order valence-electron chi connectivity index (χ0n) is 14.7. The predicted molar refractivity (Wildman–Crippen MR) is 108 cm³/mol. The van der Waals surface area contributed by atoms with Crippen LogP contribution in [0.5, 0.6) is 0 Å². The topological polar surface area (TPSA) is 66.9 Å². The van der Waals surface area contributed by atoms with Gasteiger partial charge in [0.05, 0.1) is 5.75 Å². The number of anilines is 2. The number of hydrogen-bond acceptors (Lipinski definition) is 6. The maximum atomic E-state index is 12.9. The number of carbonyl (C=O) groups excluding carboxylic acids is 1. The number of rotatable bonds is 8. The van der Waals surface area contributed by atoms with Gasteiger partial charge in [0.2, 0.25) is 11.0 Å². The molecule has 8 heteroatoms. The normalized spacial score (nSPS) is 10.6. The Kier molecular flexibility index (Phi) is 6.78. The van der Waals surface area contributed by atoms with Gasteiger partial charge in [0, 0.05) is 12.2 Å². The maximum Gasteiger partial charge on any atom is 0.230 e. The van der Waals surface area contributed by atoms with Crippen molar-refractivity contribution in [3.8, 4) is 0 Å². The van der Waals surface area contributed by atoms with Crippen LogP contribution in [-0.4, -0.2) is 28.4 Å². The summed E-state index contributed by atoms with van der Waals surface area (Å²) in [6.07, 6.45) is 0.667. The molecule has 5 nitrogen and oxygen atoms in total. The second-order valence-corrected chi connectivity index (χ2v) is 8.03. The second kappa shape index (κ2) is 9.48. The molecule has 0 unspecified atom stereocenters. The third-order valence-corrected chi connectivity index (χ3v) is 5.74. The Morgan fingerprint density at radius 1 is 1.15 bits per heavy atom. The summed E-state index contributed by atoms with van der Waals surface area (Å²) in [7, 11) is 0. The highest BCUT2D eigenvalue weighted by molar-refractivity contribution is 8.01. The lowest BCUT2D eigenvalue weighted by atomic mass is 10.1. The van der Waals surface area contributed by atoms with Crippen LogP contribution < -0.4 is 10.6 Å². The maximum absolute atomic E-state index is 12.9. The minimum absolute atomic E-state index is 0.0641. The van der Waals surface area contributed by atoms with Gasteiger partial charge in [-0.25, -0.2) is 4.39 Å². The van der Waals surface area contributed by atoms with Crippen LogP contribution in [-0.2, 0) is 11.2 Å². The van der Waals surface area contributed by atoms with Crippen LogP contribution in [0.25, 0.3) is 0 Å². The minimum Gasteiger partial charge on any atom is -0.355 e. The third kappa shape index (κ3) is 6.04. The predicted octanol–water partition coefficient (Wildman–Crippen LogP) is 4.18. The number of halogens is 1. The fourth-order valence-electron chi connectivity index (χ4n) is 2.32. The average Bonchev–Trinajstić information content (AvgIpc) is 3.11. The Hall–Kier alpha value is -2.45. The summed E-state index contributed by atoms with van der Waals surface area (Å²) < 4.78 is 13.6. The molecule has 3 rings (SSSR count). The van der Waals surface area contributed by atoms with E-state index in [9.17, 15) is 9.18 Å². The summed E-state index contributed by atoms with van der Waals surface area (Å²) >= 11 is 2.77. The first-order chi connectivity index (χ1) is 13.1. The first kappa shape index (κ1) is 19.3. The van der Waals surface area contributed by atoms with E-state index >= 15 is 0 Å². The molecule has 0 atom stereocenters. The summed E-state index contributed by atoms with van der Waals surface area (Å²) in [5.41, 5.74) is 3.10. The van der Waals surface area contributed by atoms with E-state index in [4.69, 9.17) is 0 Å². The van der Waals surface area contributed by atoms with E-state index < -0.39 is 0 Å². The smallest absolute Gasteiger partial charge is 0.230 e. The Bertz CT molecular complexity index is 899. The number of carbonyl (C=O) groups is 1. The molecule has 1 aromatic heterocycles. The van der Waals surface area contributed by atoms with Gasteiger partial charge in [-0.05, 0) is 42.7 Å². The molecular weight excluding hydrogens is 383 g/mol. The molecule has 0 bridgehead atoms. The van der Waals surface area contributed by atoms with Gasteiger partial charge >= 0.3 is 0 Å². The molecule has 0 saturated carbocycles. The lowest BCUT2D eigenvalue weighted by molar-refractivity contribution is -0.118. The van der Waals surface area contributed by atoms with Gasteiger partial charge in [-0.1, -0.05) is 53.4 Å². The fraction of sp³-hybridized carbons (Fsp3) is 0.211. The standard InChI is InChI=1S/C19H19FN4OS2/c1-13-4-2-3-5-16(13)22-18-23-24-19(27-18)26-12-17(25)21-11-10-14-6-8-15(20)9-7-14/h2-9H,10-12H2,1H3,(H,21,25)(H,22,23). The molecule has 1 amide bonds. The van der Waals surface area contributed by atoms with Crippen molar-refractivity contribution in [1.29, 1.82) is 0 Å². The molecule has 140 valence electrons. The molecule has 27 heavy (non-hydrogen) atoms. The monoisotopic (exact) mass is 402 g/mol. The van der Waals surface area contributed by atoms with Crippen molar-refractivity contribution in [2.24, 2.45) is 0 Å². The van der Waals surface area contributed by atoms with Crippen LogP contribution in [0.1, 0.15) is 11.1 Å². The van der Waals surface area contributed by atoms with E-state index in [0.717, 1.165) is 21.2 Å². The van der Waals surface area contributed by atoms with E-state index in [1.165, 1.54) is 35.2 Å². The molecule has 0 aliphatic carbocycles. The largest absolute Gasteiger partial charge is 0.355 e. The van der Waals surface area contributed by atoms with Crippen molar-refractivity contribution in [3.05, 3.63) is 65.5 Å². The highest BCUT2D eigenvalue weighted by Crippen LogP contribution is 2.28. The van der Waals surface area contributed by atoms with Crippen molar-refractivity contribution in [2.75, 3.05) is 17.6 Å². The summed E-state index contributed by atoms with van der Waals surface area (Å²) in [6.45, 7) is 2.54. The van der Waals surface area contributed by atoms with Crippen LogP contribution in [0.15, 0.2) is 52.9 Å². The molecule has 0 fully saturated rings. The molecule has 1 heterocycles. The molecule has 0 aliphatic rings. The molecule has 0 radical (unpaired) electrons. The van der Waals surface area contributed by atoms with Crippen molar-refractivity contribution in [3.63, 3.8) is 0 Å². The molecule has 0 spiro atoms. The third-order valence-electron chi connectivity index (χ3n) is 3.77. The molecular formula is C19H19FN4OS2. The average molecular weight is 403 g/mol. The van der Waals surface area contributed by atoms with Crippen LogP contribution in [0.2, 0.25) is 0 Å². The van der Waals surface area contributed by atoms with Gasteiger partial charge in [-0.3, -0.25) is 4.79 Å². The van der Waals surface area contributed by atoms with Crippen molar-refractivity contribution in [2.45, 2.75) is 17.7 Å². The van der Waals surface area contributed by atoms with Crippen LogP contribution in [0.4, 0.5) is 15.2 Å². The first-order valence-electron chi connectivity index (χ1n) is 8.40. The van der Waals surface area contributed by atoms with Crippen molar-refractivity contribution < 1.29 is 9.18 Å². The van der Waals surface area contributed by atoms with E-state index in [-0.39, 0.29) is 17.5 Å². The summed E-state index contributed by atoms with van der Waals surface area (Å²) in [6, 6.07) is 14.2. The first-order valence-corrected chi connectivity index (χ1v) is 10.2. The van der Waals surface area contributed by atoms with Gasteiger partial charge in [0.15, 0.2) is 4.34 Å². The Morgan fingerprint density at radius 2 is 1.93 bits per heavy atom. The Balaban J connectivity index is 1.41. The summed E-state index contributed by atoms with van der Waals surface area (Å²) in [4.78, 5) is 12.0. The van der Waals surface area contributed by atoms with Gasteiger partial charge in [0.1, 0.15) is 5.82 Å². The van der Waals surface area contributed by atoms with Crippen molar-refractivity contribution >= 4 is 39.8 Å². The Morgan fingerprint density at radius 3 is 2.70 bits per heavy atom. The van der Waals surface area contributed by atoms with Gasteiger partial charge in [-0.15, -0.1) is 10.2 Å². The van der Waals surface area contributed by atoms with E-state index in [2.05, 4.69) is 20.8 Å². The van der Waals surface area contributed by atoms with Crippen LogP contribution in [0.3, 0.4) is 0 Å². The number of nitrogens with one attached hydrogen (secondary N) is 2. The number of aromatic nitrogens is 2. The molecule has 0 saturated heterocycles. The number of benzene rings is 2. The number of thioether (sulfide) groups is 1. The lowest BCUT2D eigenvalue weighted by Crippen LogP contribution is -2.27. The van der Waals surface area contributed by atoms with E-state index in [1.54, 1.807) is 12.1 Å². The Labute approximate surface area is 165 Å². The second-order valence-electron chi connectivity index (χ2n) is 5.83. The lowest BCUT2D eigenvalue weighted by Gasteiger charge is -2.05. The van der Waals surface area contributed by atoms with Gasteiger partial charge in [0.25, 0.3) is 0 Å². The highest BCUT2D eigenvalue weighted by Gasteiger charge is 2.09. The number of hydrogen-bond donors (Lipinski definition) is 2. The minimum atomic E-state index is -0.257. The van der Waals surface area contributed by atoms with Gasteiger partial charge in [-0.2, -0.15) is 0 Å². The fourth-order valence-corrected chi connectivity index (χ4v) is 3.92. The number of nitrogens with zero attached hydrogens (tertiary/aromatic N) is 2. The molecule has 2 aromatic carbocycles. The number of para-hydroxylation sites is 1. The highest BCUT2D eigenvalue weighted by atomic mass is 32.2. The summed E-state index contributed by atoms with van der Waals surface area (Å²) in [5, 5.41) is 15.0. The molecule has 0 aliphatic heterocycles. The molecule has 2 N–H and O–H groups in total. The quantitative estimate of drug-likeness (QED) is 0.553. The summed E-state index contributed by atoms with van der Waals surface area (Å²) in [5.74, 6) is -0.0409. The van der Waals surface area contributed by atoms with Gasteiger partial charge < -0.3 is 10.6 Å². The zero-order valence-corrected chi connectivity index (χ0v) is 16.4. The number of amides is 1. The van der Waals surface area contributed by atoms with Crippen molar-refractivity contribution in [1.82, 2.24) is 15.5 Å². The van der Waals surface area contributed by atoms with E-state index in [1.807, 2.05) is 31.2 Å².